The minimum Gasteiger partial charge on any atom is -0.475 e. The van der Waals surface area contributed by atoms with Gasteiger partial charge in [0, 0.05) is 32.2 Å². The van der Waals surface area contributed by atoms with Crippen molar-refractivity contribution in [3.05, 3.63) is 41.1 Å². The number of nitrogens with zero attached hydrogens (tertiary/aromatic N) is 7. The number of pyridine rings is 1. The average molecular weight is 419 g/mol. The Morgan fingerprint density at radius 1 is 1.10 bits per heavy atom. The summed E-state index contributed by atoms with van der Waals surface area (Å²) in [5, 5.41) is 13.9. The fourth-order valence-corrected chi connectivity index (χ4v) is 4.27. The summed E-state index contributed by atoms with van der Waals surface area (Å²) in [6.07, 6.45) is 4.91. The first kappa shape index (κ1) is 18.3. The summed E-state index contributed by atoms with van der Waals surface area (Å²) in [5.41, 5.74) is 6.66. The summed E-state index contributed by atoms with van der Waals surface area (Å²) < 4.78 is 10.1. The van der Waals surface area contributed by atoms with Crippen molar-refractivity contribution in [1.82, 2.24) is 34.5 Å². The van der Waals surface area contributed by atoms with Crippen molar-refractivity contribution in [2.45, 2.75) is 52.5 Å². The van der Waals surface area contributed by atoms with Gasteiger partial charge in [-0.3, -0.25) is 4.98 Å². The van der Waals surface area contributed by atoms with Gasteiger partial charge in [0.2, 0.25) is 5.95 Å². The molecule has 1 N–H and O–H groups in total. The molecule has 1 aliphatic heterocycles. The predicted octanol–water partition coefficient (Wildman–Crippen LogP) is 3.98. The third kappa shape index (κ3) is 3.03. The summed E-state index contributed by atoms with van der Waals surface area (Å²) in [6, 6.07) is 4.10. The Bertz CT molecular complexity index is 1320. The van der Waals surface area contributed by atoms with E-state index in [1.165, 1.54) is 0 Å². The number of aryl methyl sites for hydroxylation is 4. The van der Waals surface area contributed by atoms with Gasteiger partial charge in [0.15, 0.2) is 5.65 Å². The Hall–Kier alpha value is -3.49. The van der Waals surface area contributed by atoms with Crippen molar-refractivity contribution in [2.24, 2.45) is 0 Å². The van der Waals surface area contributed by atoms with Crippen LogP contribution in [-0.2, 0) is 6.54 Å². The number of hydrogen-bond acceptors (Lipinski definition) is 7. The van der Waals surface area contributed by atoms with Gasteiger partial charge >= 0.3 is 0 Å². The molecule has 160 valence electrons. The maximum Gasteiger partial charge on any atom is 0.257 e. The lowest BCUT2D eigenvalue weighted by Crippen LogP contribution is -2.08. The third-order valence-corrected chi connectivity index (χ3v) is 5.94. The van der Waals surface area contributed by atoms with Crippen LogP contribution in [0.2, 0.25) is 0 Å². The minimum atomic E-state index is 0. The van der Waals surface area contributed by atoms with Crippen LogP contribution >= 0.6 is 0 Å². The third-order valence-electron chi connectivity index (χ3n) is 5.94. The van der Waals surface area contributed by atoms with Gasteiger partial charge in [-0.05, 0) is 45.7 Å². The lowest BCUT2D eigenvalue weighted by Gasteiger charge is -2.11. The molecule has 0 aromatic carbocycles. The number of fused-ring (bicyclic) bond motifs is 2. The molecule has 0 spiro atoms. The van der Waals surface area contributed by atoms with E-state index in [1.54, 1.807) is 0 Å². The second-order valence-electron chi connectivity index (χ2n) is 8.38. The molecule has 2 aliphatic rings. The van der Waals surface area contributed by atoms with E-state index in [0.29, 0.717) is 24.4 Å². The molecule has 9 heteroatoms. The van der Waals surface area contributed by atoms with E-state index in [4.69, 9.17) is 14.8 Å². The highest BCUT2D eigenvalue weighted by Crippen LogP contribution is 2.48. The summed E-state index contributed by atoms with van der Waals surface area (Å²) >= 11 is 0. The molecule has 5 heterocycles. The van der Waals surface area contributed by atoms with E-state index in [0.717, 1.165) is 71.0 Å². The van der Waals surface area contributed by atoms with Crippen molar-refractivity contribution >= 4 is 22.7 Å². The summed E-state index contributed by atoms with van der Waals surface area (Å²) in [5.74, 6) is 1.54. The maximum atomic E-state index is 6.17. The lowest BCUT2D eigenvalue weighted by molar-refractivity contribution is 0.288. The highest BCUT2D eigenvalue weighted by molar-refractivity contribution is 5.79. The Labute approximate surface area is 181 Å². The quantitative estimate of drug-likeness (QED) is 0.526. The highest BCUT2D eigenvalue weighted by Gasteiger charge is 2.35. The normalized spacial score (nSPS) is 16.0. The number of anilines is 2. The lowest BCUT2D eigenvalue weighted by atomic mass is 10.2. The SMILES string of the molecule is Cc1ccc(-n2nc3c(c2C2CC2)Nc2ncc4c(C)nn(c4n2)CCCO3)c(C)n1.[HH]. The molecule has 9 nitrogen and oxygen atoms in total. The highest BCUT2D eigenvalue weighted by atomic mass is 16.5. The van der Waals surface area contributed by atoms with Crippen molar-refractivity contribution in [3.8, 4) is 11.6 Å². The van der Waals surface area contributed by atoms with E-state index in [-0.39, 0.29) is 1.43 Å². The minimum absolute atomic E-state index is 0. The predicted molar refractivity (Wildman–Crippen MR) is 118 cm³/mol. The molecule has 4 aromatic rings. The van der Waals surface area contributed by atoms with Gasteiger partial charge in [0.25, 0.3) is 5.88 Å². The first-order valence-corrected chi connectivity index (χ1v) is 10.8. The topological polar surface area (TPSA) is 95.6 Å². The molecule has 0 radical (unpaired) electrons. The van der Waals surface area contributed by atoms with Crippen LogP contribution in [0.4, 0.5) is 11.6 Å². The Balaban J connectivity index is 0.00000216. The van der Waals surface area contributed by atoms with Crippen molar-refractivity contribution in [1.29, 1.82) is 0 Å². The van der Waals surface area contributed by atoms with Crippen molar-refractivity contribution in [3.63, 3.8) is 0 Å². The largest absolute Gasteiger partial charge is 0.475 e. The first-order chi connectivity index (χ1) is 15.1. The molecule has 1 fully saturated rings. The molecule has 0 atom stereocenters. The zero-order chi connectivity index (χ0) is 21.1. The zero-order valence-electron chi connectivity index (χ0n) is 17.9. The molecular weight excluding hydrogens is 392 g/mol. The Kier molecular flexibility index (Phi) is 3.99. The van der Waals surface area contributed by atoms with Gasteiger partial charge in [-0.2, -0.15) is 10.1 Å². The van der Waals surface area contributed by atoms with Gasteiger partial charge < -0.3 is 10.1 Å². The van der Waals surface area contributed by atoms with E-state index in [2.05, 4.69) is 26.4 Å². The summed E-state index contributed by atoms with van der Waals surface area (Å²) in [7, 11) is 0. The van der Waals surface area contributed by atoms with Crippen LogP contribution in [0.3, 0.4) is 0 Å². The van der Waals surface area contributed by atoms with Crippen molar-refractivity contribution < 1.29 is 6.16 Å². The van der Waals surface area contributed by atoms with Crippen LogP contribution in [0.1, 0.15) is 49.4 Å². The van der Waals surface area contributed by atoms with Gasteiger partial charge in [-0.15, -0.1) is 5.10 Å². The Morgan fingerprint density at radius 2 is 1.97 bits per heavy atom. The number of hydrogen-bond donors (Lipinski definition) is 1. The standard InChI is InChI=1S/C22H24N8O.H2/c1-12-5-8-17(14(3)24-12)30-19(15-6-7-15)18-21(28-30)31-10-4-9-29-20-16(13(2)27-29)11-23-22(25-18)26-20;/h5,8,11,15H,4,6-7,9-10H2,1-3H3,(H,23,25,26);1H. The molecule has 31 heavy (non-hydrogen) atoms. The molecular formula is C22H26N8O. The van der Waals surface area contributed by atoms with E-state index >= 15 is 0 Å². The fourth-order valence-electron chi connectivity index (χ4n) is 4.27. The summed E-state index contributed by atoms with van der Waals surface area (Å²) in [6.45, 7) is 7.29. The number of aromatic nitrogens is 7. The van der Waals surface area contributed by atoms with Crippen LogP contribution in [-0.4, -0.2) is 41.1 Å². The molecule has 1 aliphatic carbocycles. The van der Waals surface area contributed by atoms with E-state index < -0.39 is 0 Å². The average Bonchev–Trinajstić information content (AvgIpc) is 3.46. The number of nitrogens with one attached hydrogen (secondary N) is 1. The van der Waals surface area contributed by atoms with Crippen LogP contribution in [0.15, 0.2) is 18.3 Å². The number of ether oxygens (including phenoxy) is 1. The molecule has 0 amide bonds. The van der Waals surface area contributed by atoms with Crippen LogP contribution in [0.5, 0.6) is 5.88 Å². The van der Waals surface area contributed by atoms with Gasteiger partial charge in [-0.25, -0.2) is 14.3 Å². The molecule has 6 rings (SSSR count). The second-order valence-corrected chi connectivity index (χ2v) is 8.38. The Morgan fingerprint density at radius 3 is 2.77 bits per heavy atom. The van der Waals surface area contributed by atoms with Gasteiger partial charge in [0.1, 0.15) is 5.69 Å². The van der Waals surface area contributed by atoms with Crippen LogP contribution < -0.4 is 10.1 Å². The van der Waals surface area contributed by atoms with Crippen LogP contribution in [0.25, 0.3) is 16.7 Å². The van der Waals surface area contributed by atoms with E-state index in [1.807, 2.05) is 42.4 Å². The van der Waals surface area contributed by atoms with Crippen LogP contribution in [0, 0.1) is 20.8 Å². The van der Waals surface area contributed by atoms with Crippen molar-refractivity contribution in [2.75, 3.05) is 11.9 Å². The second kappa shape index (κ2) is 6.76. The summed E-state index contributed by atoms with van der Waals surface area (Å²) in [4.78, 5) is 14.0. The van der Waals surface area contributed by atoms with Gasteiger partial charge in [-0.1, -0.05) is 0 Å². The molecule has 2 bridgehead atoms. The first-order valence-electron chi connectivity index (χ1n) is 10.8. The molecule has 0 unspecified atom stereocenters. The molecule has 4 aromatic heterocycles. The maximum absolute atomic E-state index is 6.17. The zero-order valence-corrected chi connectivity index (χ0v) is 17.9. The molecule has 1 saturated carbocycles. The number of rotatable bonds is 2. The van der Waals surface area contributed by atoms with Gasteiger partial charge in [0.05, 0.1) is 34.8 Å². The monoisotopic (exact) mass is 418 g/mol. The smallest absolute Gasteiger partial charge is 0.257 e. The fraction of sp³-hybridized carbons (Fsp3) is 0.409. The molecule has 0 saturated heterocycles. The van der Waals surface area contributed by atoms with E-state index in [9.17, 15) is 0 Å².